The average Bonchev–Trinajstić information content (AvgIpc) is 2.56. The van der Waals surface area contributed by atoms with Gasteiger partial charge in [0.2, 0.25) is 0 Å². The van der Waals surface area contributed by atoms with Gasteiger partial charge in [-0.3, -0.25) is 4.79 Å². The molecule has 0 aromatic heterocycles. The second-order valence-corrected chi connectivity index (χ2v) is 4.43. The molecule has 1 saturated heterocycles. The van der Waals surface area contributed by atoms with Crippen LogP contribution in [0.2, 0.25) is 0 Å². The molecule has 0 spiro atoms. The third-order valence-electron chi connectivity index (χ3n) is 2.67. The molecule has 4 atom stereocenters. The van der Waals surface area contributed by atoms with Crippen molar-refractivity contribution in [2.24, 2.45) is 0 Å². The first-order valence-electron chi connectivity index (χ1n) is 5.89. The van der Waals surface area contributed by atoms with Crippen molar-refractivity contribution in [1.82, 2.24) is 0 Å². The molecule has 1 rings (SSSR count). The van der Waals surface area contributed by atoms with Gasteiger partial charge in [-0.15, -0.1) is 0 Å². The Morgan fingerprint density at radius 2 is 2.18 bits per heavy atom. The standard InChI is InChI=1S/C12H20O5/c1-8(13)5-3-2-4-6-9(14)12-10(15)7-11(16)17-12/h2-3,8-10,12-15H,4-7H2,1H3/t8-,9-,10+,12-/m0/s1. The van der Waals surface area contributed by atoms with Crippen molar-refractivity contribution in [1.29, 1.82) is 0 Å². The third kappa shape index (κ3) is 4.85. The largest absolute Gasteiger partial charge is 0.457 e. The zero-order valence-electron chi connectivity index (χ0n) is 9.95. The summed E-state index contributed by atoms with van der Waals surface area (Å²) in [6.07, 6.45) is 2.37. The summed E-state index contributed by atoms with van der Waals surface area (Å²) >= 11 is 0. The molecule has 1 fully saturated rings. The van der Waals surface area contributed by atoms with Crippen molar-refractivity contribution in [2.75, 3.05) is 0 Å². The highest BCUT2D eigenvalue weighted by molar-refractivity contribution is 5.72. The summed E-state index contributed by atoms with van der Waals surface area (Å²) in [4.78, 5) is 10.9. The molecule has 3 N–H and O–H groups in total. The molecule has 98 valence electrons. The number of aliphatic hydroxyl groups excluding tert-OH is 3. The lowest BCUT2D eigenvalue weighted by Crippen LogP contribution is -2.34. The number of carbonyl (C=O) groups excluding carboxylic acids is 1. The molecule has 0 aromatic carbocycles. The minimum absolute atomic E-state index is 0.0421. The first kappa shape index (κ1) is 14.2. The topological polar surface area (TPSA) is 87.0 Å². The van der Waals surface area contributed by atoms with Crippen molar-refractivity contribution >= 4 is 5.97 Å². The molecule has 1 aliphatic heterocycles. The molecule has 5 nitrogen and oxygen atoms in total. The molecule has 0 saturated carbocycles. The Labute approximate surface area is 101 Å². The van der Waals surface area contributed by atoms with E-state index < -0.39 is 24.3 Å². The molecule has 0 radical (unpaired) electrons. The first-order chi connectivity index (χ1) is 8.00. The summed E-state index contributed by atoms with van der Waals surface area (Å²) in [5, 5.41) is 28.2. The van der Waals surface area contributed by atoms with Crippen LogP contribution in [0.15, 0.2) is 12.2 Å². The lowest BCUT2D eigenvalue weighted by Gasteiger charge is -2.18. The van der Waals surface area contributed by atoms with Gasteiger partial charge in [0.25, 0.3) is 0 Å². The lowest BCUT2D eigenvalue weighted by atomic mass is 10.0. The van der Waals surface area contributed by atoms with E-state index in [0.29, 0.717) is 19.3 Å². The van der Waals surface area contributed by atoms with Crippen LogP contribution in [0.4, 0.5) is 0 Å². The van der Waals surface area contributed by atoms with E-state index in [1.54, 1.807) is 6.92 Å². The first-order valence-corrected chi connectivity index (χ1v) is 5.89. The lowest BCUT2D eigenvalue weighted by molar-refractivity contribution is -0.146. The number of aliphatic hydroxyl groups is 3. The van der Waals surface area contributed by atoms with Gasteiger partial charge in [-0.25, -0.2) is 0 Å². The fraction of sp³-hybridized carbons (Fsp3) is 0.750. The maximum Gasteiger partial charge on any atom is 0.309 e. The predicted octanol–water partition coefficient (Wildman–Crippen LogP) is 0.131. The summed E-state index contributed by atoms with van der Waals surface area (Å²) in [5.74, 6) is -0.466. The van der Waals surface area contributed by atoms with Gasteiger partial charge in [0, 0.05) is 0 Å². The number of ether oxygens (including phenoxy) is 1. The van der Waals surface area contributed by atoms with Gasteiger partial charge < -0.3 is 20.1 Å². The Hall–Kier alpha value is -0.910. The smallest absolute Gasteiger partial charge is 0.309 e. The Morgan fingerprint density at radius 1 is 1.47 bits per heavy atom. The highest BCUT2D eigenvalue weighted by Crippen LogP contribution is 2.20. The van der Waals surface area contributed by atoms with E-state index in [1.807, 2.05) is 12.2 Å². The fourth-order valence-electron chi connectivity index (χ4n) is 1.74. The molecule has 0 amide bonds. The van der Waals surface area contributed by atoms with Crippen LogP contribution in [0.1, 0.15) is 32.6 Å². The second-order valence-electron chi connectivity index (χ2n) is 4.43. The number of cyclic esters (lactones) is 1. The second kappa shape index (κ2) is 6.74. The Kier molecular flexibility index (Phi) is 5.61. The van der Waals surface area contributed by atoms with Gasteiger partial charge in [-0.2, -0.15) is 0 Å². The molecule has 0 bridgehead atoms. The Bertz CT molecular complexity index is 274. The monoisotopic (exact) mass is 244 g/mol. The summed E-state index contributed by atoms with van der Waals surface area (Å²) in [6.45, 7) is 1.70. The van der Waals surface area contributed by atoms with Gasteiger partial charge in [-0.1, -0.05) is 12.2 Å². The highest BCUT2D eigenvalue weighted by atomic mass is 16.6. The predicted molar refractivity (Wildman–Crippen MR) is 61.2 cm³/mol. The molecule has 1 heterocycles. The molecule has 17 heavy (non-hydrogen) atoms. The Balaban J connectivity index is 2.23. The molecule has 5 heteroatoms. The third-order valence-corrected chi connectivity index (χ3v) is 2.67. The number of rotatable bonds is 6. The summed E-state index contributed by atoms with van der Waals surface area (Å²) in [7, 11) is 0. The van der Waals surface area contributed by atoms with E-state index in [1.165, 1.54) is 0 Å². The zero-order chi connectivity index (χ0) is 12.8. The zero-order valence-corrected chi connectivity index (χ0v) is 9.95. The van der Waals surface area contributed by atoms with E-state index in [4.69, 9.17) is 9.84 Å². The molecular formula is C12H20O5. The number of esters is 1. The fourth-order valence-corrected chi connectivity index (χ4v) is 1.74. The van der Waals surface area contributed by atoms with Crippen molar-refractivity contribution in [2.45, 2.75) is 57.0 Å². The van der Waals surface area contributed by atoms with Crippen molar-refractivity contribution in [3.8, 4) is 0 Å². The summed E-state index contributed by atoms with van der Waals surface area (Å²) < 4.78 is 4.83. The van der Waals surface area contributed by atoms with Crippen LogP contribution in [-0.2, 0) is 9.53 Å². The van der Waals surface area contributed by atoms with Gasteiger partial charge in [0.05, 0.1) is 18.6 Å². The van der Waals surface area contributed by atoms with Crippen molar-refractivity contribution in [3.63, 3.8) is 0 Å². The van der Waals surface area contributed by atoms with Gasteiger partial charge in [0.1, 0.15) is 6.10 Å². The average molecular weight is 244 g/mol. The van der Waals surface area contributed by atoms with E-state index in [-0.39, 0.29) is 12.5 Å². The van der Waals surface area contributed by atoms with Gasteiger partial charge in [-0.05, 0) is 26.2 Å². The van der Waals surface area contributed by atoms with Gasteiger partial charge in [0.15, 0.2) is 6.10 Å². The van der Waals surface area contributed by atoms with Crippen LogP contribution >= 0.6 is 0 Å². The summed E-state index contributed by atoms with van der Waals surface area (Å²) in [6, 6.07) is 0. The normalized spacial score (nSPS) is 28.4. The molecular weight excluding hydrogens is 224 g/mol. The number of hydrogen-bond donors (Lipinski definition) is 3. The van der Waals surface area contributed by atoms with Crippen LogP contribution in [0.3, 0.4) is 0 Å². The van der Waals surface area contributed by atoms with Crippen LogP contribution in [-0.4, -0.2) is 45.7 Å². The molecule has 0 aliphatic carbocycles. The molecule has 0 unspecified atom stereocenters. The van der Waals surface area contributed by atoms with E-state index in [9.17, 15) is 15.0 Å². The van der Waals surface area contributed by atoms with Crippen LogP contribution in [0, 0.1) is 0 Å². The summed E-state index contributed by atoms with van der Waals surface area (Å²) in [5.41, 5.74) is 0. The van der Waals surface area contributed by atoms with Gasteiger partial charge >= 0.3 is 5.97 Å². The van der Waals surface area contributed by atoms with E-state index in [2.05, 4.69) is 0 Å². The Morgan fingerprint density at radius 3 is 2.71 bits per heavy atom. The molecule has 1 aliphatic rings. The minimum Gasteiger partial charge on any atom is -0.457 e. The van der Waals surface area contributed by atoms with E-state index in [0.717, 1.165) is 0 Å². The maximum atomic E-state index is 10.9. The van der Waals surface area contributed by atoms with Crippen molar-refractivity contribution < 1.29 is 24.9 Å². The highest BCUT2D eigenvalue weighted by Gasteiger charge is 2.37. The van der Waals surface area contributed by atoms with E-state index >= 15 is 0 Å². The maximum absolute atomic E-state index is 10.9. The number of carbonyl (C=O) groups is 1. The molecule has 0 aromatic rings. The number of hydrogen-bond acceptors (Lipinski definition) is 5. The SMILES string of the molecule is C[C@H](O)CC=CCC[C@H](O)[C@@H]1OC(=O)C[C@H]1O. The number of allylic oxidation sites excluding steroid dienone is 1. The van der Waals surface area contributed by atoms with Crippen LogP contribution in [0.25, 0.3) is 0 Å². The quantitative estimate of drug-likeness (QED) is 0.456. The van der Waals surface area contributed by atoms with Crippen molar-refractivity contribution in [3.05, 3.63) is 12.2 Å². The van der Waals surface area contributed by atoms with Crippen LogP contribution < -0.4 is 0 Å². The van der Waals surface area contributed by atoms with Crippen LogP contribution in [0.5, 0.6) is 0 Å². The minimum atomic E-state index is -0.904.